The fourth-order valence-corrected chi connectivity index (χ4v) is 3.52. The third-order valence-corrected chi connectivity index (χ3v) is 5.81. The molecule has 0 spiro atoms. The van der Waals surface area contributed by atoms with E-state index < -0.39 is 16.2 Å². The Hall–Kier alpha value is -0.740. The second kappa shape index (κ2) is 6.81. The zero-order chi connectivity index (χ0) is 15.4. The Balaban J connectivity index is 3.10. The highest BCUT2D eigenvalue weighted by Gasteiger charge is 2.34. The van der Waals surface area contributed by atoms with Crippen LogP contribution < -0.4 is 0 Å². The van der Waals surface area contributed by atoms with Crippen molar-refractivity contribution in [2.75, 3.05) is 12.4 Å². The van der Waals surface area contributed by atoms with Gasteiger partial charge in [0.15, 0.2) is 0 Å². The molecule has 0 aromatic heterocycles. The maximum Gasteiger partial charge on any atom is 0.126 e. The number of rotatable bonds is 6. The summed E-state index contributed by atoms with van der Waals surface area (Å²) in [6.45, 7) is 7.78. The van der Waals surface area contributed by atoms with Gasteiger partial charge >= 0.3 is 0 Å². The molecule has 0 bridgehead atoms. The van der Waals surface area contributed by atoms with Gasteiger partial charge in [0, 0.05) is 33.3 Å². The molecule has 0 saturated carbocycles. The van der Waals surface area contributed by atoms with E-state index in [0.29, 0.717) is 24.2 Å². The Kier molecular flexibility index (Phi) is 5.90. The van der Waals surface area contributed by atoms with Crippen molar-refractivity contribution in [3.05, 3.63) is 35.6 Å². The highest BCUT2D eigenvalue weighted by atomic mass is 32.2. The van der Waals surface area contributed by atoms with Gasteiger partial charge in [-0.1, -0.05) is 25.1 Å². The van der Waals surface area contributed by atoms with Crippen molar-refractivity contribution in [3.8, 4) is 0 Å². The maximum absolute atomic E-state index is 14.1. The van der Waals surface area contributed by atoms with Crippen LogP contribution in [0, 0.1) is 5.82 Å². The normalized spacial score (nSPS) is 16.7. The van der Waals surface area contributed by atoms with E-state index in [2.05, 4.69) is 0 Å². The molecule has 2 atom stereocenters. The zero-order valence-electron chi connectivity index (χ0n) is 12.8. The molecule has 1 aromatic carbocycles. The summed E-state index contributed by atoms with van der Waals surface area (Å²) >= 11 is 0. The van der Waals surface area contributed by atoms with Crippen LogP contribution in [0.15, 0.2) is 24.3 Å². The van der Waals surface area contributed by atoms with Crippen molar-refractivity contribution < 1.29 is 13.7 Å². The van der Waals surface area contributed by atoms with Gasteiger partial charge in [-0.25, -0.2) is 4.39 Å². The lowest BCUT2D eigenvalue weighted by molar-refractivity contribution is 0.268. The molecule has 4 heteroatoms. The minimum Gasteiger partial charge on any atom is -0.396 e. The lowest BCUT2D eigenvalue weighted by Crippen LogP contribution is -2.36. The van der Waals surface area contributed by atoms with Crippen molar-refractivity contribution in [3.63, 3.8) is 0 Å². The summed E-state index contributed by atoms with van der Waals surface area (Å²) in [5, 5.41) is 9.07. The molecule has 1 N–H and O–H groups in total. The standard InChI is InChI=1S/C16H25FO2S/c1-15(2,3)20(19)12-16(4,10-7-11-18)13-8-5-6-9-14(13)17/h5-6,8-9,18H,7,10-12H2,1-4H3/t16-,20+/m1/s1. The van der Waals surface area contributed by atoms with Crippen LogP contribution in [0.3, 0.4) is 0 Å². The van der Waals surface area contributed by atoms with Crippen LogP contribution in [0.1, 0.15) is 46.1 Å². The molecule has 1 rings (SSSR count). The average molecular weight is 300 g/mol. The van der Waals surface area contributed by atoms with E-state index in [4.69, 9.17) is 5.11 Å². The Morgan fingerprint density at radius 1 is 1.20 bits per heavy atom. The van der Waals surface area contributed by atoms with Gasteiger partial charge in [-0.15, -0.1) is 0 Å². The highest BCUT2D eigenvalue weighted by Crippen LogP contribution is 2.33. The van der Waals surface area contributed by atoms with E-state index in [9.17, 15) is 8.60 Å². The molecule has 0 radical (unpaired) electrons. The first-order valence-corrected chi connectivity index (χ1v) is 8.27. The summed E-state index contributed by atoms with van der Waals surface area (Å²) in [5.74, 6) is 0.135. The molecule has 0 aliphatic rings. The summed E-state index contributed by atoms with van der Waals surface area (Å²) in [5.41, 5.74) is 0.0673. The number of aliphatic hydroxyl groups is 1. The van der Waals surface area contributed by atoms with Gasteiger partial charge in [0.05, 0.1) is 0 Å². The zero-order valence-corrected chi connectivity index (χ0v) is 13.6. The van der Waals surface area contributed by atoms with Crippen LogP contribution in [0.2, 0.25) is 0 Å². The molecule has 0 fully saturated rings. The van der Waals surface area contributed by atoms with Crippen molar-refractivity contribution in [1.29, 1.82) is 0 Å². The van der Waals surface area contributed by atoms with Crippen LogP contribution in [0.4, 0.5) is 4.39 Å². The molecule has 0 amide bonds. The van der Waals surface area contributed by atoms with Gasteiger partial charge in [0.25, 0.3) is 0 Å². The van der Waals surface area contributed by atoms with Gasteiger partial charge in [0.2, 0.25) is 0 Å². The summed E-state index contributed by atoms with van der Waals surface area (Å²) in [4.78, 5) is 0. The van der Waals surface area contributed by atoms with Gasteiger partial charge in [-0.05, 0) is 45.2 Å². The predicted molar refractivity (Wildman–Crippen MR) is 82.8 cm³/mol. The van der Waals surface area contributed by atoms with E-state index in [0.717, 1.165) is 0 Å². The highest BCUT2D eigenvalue weighted by molar-refractivity contribution is 7.86. The van der Waals surface area contributed by atoms with Crippen LogP contribution in [0.25, 0.3) is 0 Å². The van der Waals surface area contributed by atoms with Crippen LogP contribution >= 0.6 is 0 Å². The van der Waals surface area contributed by atoms with Gasteiger partial charge in [0.1, 0.15) is 5.82 Å². The monoisotopic (exact) mass is 300 g/mol. The van der Waals surface area contributed by atoms with E-state index in [-0.39, 0.29) is 17.2 Å². The summed E-state index contributed by atoms with van der Waals surface area (Å²) in [6.07, 6.45) is 1.19. The average Bonchev–Trinajstić information content (AvgIpc) is 2.35. The summed E-state index contributed by atoms with van der Waals surface area (Å²) in [6, 6.07) is 6.65. The second-order valence-electron chi connectivity index (χ2n) is 6.47. The van der Waals surface area contributed by atoms with Crippen molar-refractivity contribution in [1.82, 2.24) is 0 Å². The molecule has 0 saturated heterocycles. The molecular formula is C16H25FO2S. The van der Waals surface area contributed by atoms with Crippen LogP contribution in [-0.4, -0.2) is 26.4 Å². The molecule has 1 aromatic rings. The number of hydrogen-bond donors (Lipinski definition) is 1. The Morgan fingerprint density at radius 2 is 1.80 bits per heavy atom. The first-order valence-electron chi connectivity index (χ1n) is 6.95. The van der Waals surface area contributed by atoms with Crippen molar-refractivity contribution in [2.45, 2.75) is 50.7 Å². The van der Waals surface area contributed by atoms with E-state index in [1.165, 1.54) is 6.07 Å². The van der Waals surface area contributed by atoms with E-state index in [1.54, 1.807) is 18.2 Å². The Labute approximate surface area is 123 Å². The smallest absolute Gasteiger partial charge is 0.126 e. The number of benzene rings is 1. The molecule has 20 heavy (non-hydrogen) atoms. The van der Waals surface area contributed by atoms with Crippen molar-refractivity contribution in [2.24, 2.45) is 0 Å². The molecule has 114 valence electrons. The quantitative estimate of drug-likeness (QED) is 0.874. The first-order chi connectivity index (χ1) is 9.20. The largest absolute Gasteiger partial charge is 0.396 e. The lowest BCUT2D eigenvalue weighted by Gasteiger charge is -2.33. The van der Waals surface area contributed by atoms with Crippen LogP contribution in [-0.2, 0) is 16.2 Å². The minimum absolute atomic E-state index is 0.0617. The number of aliphatic hydroxyl groups excluding tert-OH is 1. The number of hydrogen-bond acceptors (Lipinski definition) is 2. The minimum atomic E-state index is -1.07. The third kappa shape index (κ3) is 4.38. The SMILES string of the molecule is CC(C)(C)[S@@](=O)C[C@@](C)(CCCO)c1ccccc1F. The van der Waals surface area contributed by atoms with E-state index in [1.807, 2.05) is 27.7 Å². The molecule has 0 aliphatic heterocycles. The fourth-order valence-electron chi connectivity index (χ4n) is 2.21. The van der Waals surface area contributed by atoms with Gasteiger partial charge in [-0.2, -0.15) is 0 Å². The Bertz CT molecular complexity index is 468. The molecule has 0 aliphatic carbocycles. The first kappa shape index (κ1) is 17.3. The summed E-state index contributed by atoms with van der Waals surface area (Å²) in [7, 11) is -1.07. The maximum atomic E-state index is 14.1. The Morgan fingerprint density at radius 3 is 2.30 bits per heavy atom. The summed E-state index contributed by atoms with van der Waals surface area (Å²) < 4.78 is 26.2. The van der Waals surface area contributed by atoms with Crippen molar-refractivity contribution >= 4 is 10.8 Å². The lowest BCUT2D eigenvalue weighted by atomic mass is 9.80. The predicted octanol–water partition coefficient (Wildman–Crippen LogP) is 3.40. The fraction of sp³-hybridized carbons (Fsp3) is 0.625. The number of halogens is 1. The molecular weight excluding hydrogens is 275 g/mol. The van der Waals surface area contributed by atoms with Gasteiger partial charge in [-0.3, -0.25) is 4.21 Å². The topological polar surface area (TPSA) is 37.3 Å². The molecule has 2 nitrogen and oxygen atoms in total. The van der Waals surface area contributed by atoms with Gasteiger partial charge < -0.3 is 5.11 Å². The van der Waals surface area contributed by atoms with Crippen LogP contribution in [0.5, 0.6) is 0 Å². The van der Waals surface area contributed by atoms with E-state index >= 15 is 0 Å². The molecule has 0 unspecified atom stereocenters. The molecule has 0 heterocycles. The second-order valence-corrected chi connectivity index (χ2v) is 8.67. The third-order valence-electron chi connectivity index (χ3n) is 3.54.